The number of benzene rings is 1. The van der Waals surface area contributed by atoms with Crippen molar-refractivity contribution >= 4 is 17.2 Å². The van der Waals surface area contributed by atoms with Gasteiger partial charge in [-0.1, -0.05) is 29.8 Å². The van der Waals surface area contributed by atoms with E-state index in [0.717, 1.165) is 37.8 Å². The summed E-state index contributed by atoms with van der Waals surface area (Å²) in [6, 6.07) is 8.90. The molecule has 4 aliphatic rings. The van der Waals surface area contributed by atoms with Crippen molar-refractivity contribution in [2.45, 2.75) is 64.7 Å². The van der Waals surface area contributed by atoms with Gasteiger partial charge in [0.1, 0.15) is 5.78 Å². The molecule has 0 amide bonds. The molecule has 0 saturated heterocycles. The van der Waals surface area contributed by atoms with Crippen molar-refractivity contribution in [1.82, 2.24) is 0 Å². The summed E-state index contributed by atoms with van der Waals surface area (Å²) in [7, 11) is 4.14. The first kappa shape index (κ1) is 21.5. The fraction of sp³-hybridized carbons (Fsp3) is 0.571. The molecule has 1 N–H and O–H groups in total. The first-order chi connectivity index (χ1) is 15.3. The maximum atomic E-state index is 12.4. The molecule has 0 aliphatic heterocycles. The maximum Gasteiger partial charge on any atom is 0.133 e. The fourth-order valence-electron chi connectivity index (χ4n) is 7.67. The van der Waals surface area contributed by atoms with Gasteiger partial charge in [-0.2, -0.15) is 0 Å². The van der Waals surface area contributed by atoms with E-state index in [0.29, 0.717) is 17.6 Å². The first-order valence-corrected chi connectivity index (χ1v) is 12.3. The minimum Gasteiger partial charge on any atom is -0.411 e. The quantitative estimate of drug-likeness (QED) is 0.462. The second kappa shape index (κ2) is 7.90. The van der Waals surface area contributed by atoms with Crippen LogP contribution in [0.15, 0.2) is 52.2 Å². The van der Waals surface area contributed by atoms with Crippen molar-refractivity contribution in [2.75, 3.05) is 19.0 Å². The zero-order chi connectivity index (χ0) is 22.6. The van der Waals surface area contributed by atoms with Crippen molar-refractivity contribution in [3.8, 4) is 0 Å². The third kappa shape index (κ3) is 3.25. The lowest BCUT2D eigenvalue weighted by atomic mass is 9.54. The molecule has 170 valence electrons. The summed E-state index contributed by atoms with van der Waals surface area (Å²) in [5, 5.41) is 13.3. The lowest BCUT2D eigenvalue weighted by molar-refractivity contribution is -0.125. The van der Waals surface area contributed by atoms with E-state index in [4.69, 9.17) is 0 Å². The van der Waals surface area contributed by atoms with Crippen LogP contribution in [0.5, 0.6) is 0 Å². The standard InChI is InChI=1S/C28H36N2O2/c1-17(31)25-11-12-26-22-10-7-19-15-20(29-32)16-24(18-5-8-21(9-6-18)30(3)4)27(19)23(22)13-14-28(25,26)2/h5-6,8-9,15,22,24-26,32H,7,10-14,16H2,1-4H3/t22-,24+,25-,26+,28-/m1/s1. The van der Waals surface area contributed by atoms with Crippen molar-refractivity contribution in [3.63, 3.8) is 0 Å². The minimum atomic E-state index is 0.164. The number of rotatable bonds is 3. The Morgan fingerprint density at radius 3 is 2.53 bits per heavy atom. The van der Waals surface area contributed by atoms with Gasteiger partial charge >= 0.3 is 0 Å². The van der Waals surface area contributed by atoms with E-state index in [9.17, 15) is 10.0 Å². The topological polar surface area (TPSA) is 52.9 Å². The van der Waals surface area contributed by atoms with Gasteiger partial charge in [0.25, 0.3) is 0 Å². The summed E-state index contributed by atoms with van der Waals surface area (Å²) in [5.74, 6) is 2.11. The van der Waals surface area contributed by atoms with Crippen molar-refractivity contribution in [2.24, 2.45) is 28.3 Å². The number of carbonyl (C=O) groups excluding carboxylic acids is 1. The van der Waals surface area contributed by atoms with E-state index in [1.165, 1.54) is 35.2 Å². The molecule has 0 spiro atoms. The number of oxime groups is 1. The van der Waals surface area contributed by atoms with Gasteiger partial charge in [-0.25, -0.2) is 0 Å². The molecule has 32 heavy (non-hydrogen) atoms. The van der Waals surface area contributed by atoms with E-state index in [-0.39, 0.29) is 17.3 Å². The smallest absolute Gasteiger partial charge is 0.133 e. The van der Waals surface area contributed by atoms with Crippen LogP contribution in [0, 0.1) is 23.2 Å². The van der Waals surface area contributed by atoms with Gasteiger partial charge in [0, 0.05) is 38.0 Å². The lowest BCUT2D eigenvalue weighted by Crippen LogP contribution is -2.42. The number of nitrogens with zero attached hydrogens (tertiary/aromatic N) is 2. The molecule has 5 atom stereocenters. The van der Waals surface area contributed by atoms with Gasteiger partial charge in [0.15, 0.2) is 0 Å². The number of carbonyl (C=O) groups is 1. The van der Waals surface area contributed by atoms with Gasteiger partial charge in [-0.3, -0.25) is 4.79 Å². The van der Waals surface area contributed by atoms with E-state index >= 15 is 0 Å². The molecule has 4 heteroatoms. The second-order valence-electron chi connectivity index (χ2n) is 10.9. The molecule has 4 aliphatic carbocycles. The Labute approximate surface area is 192 Å². The van der Waals surface area contributed by atoms with Crippen LogP contribution >= 0.6 is 0 Å². The summed E-state index contributed by atoms with van der Waals surface area (Å²) >= 11 is 0. The van der Waals surface area contributed by atoms with Crippen molar-refractivity contribution in [3.05, 3.63) is 52.6 Å². The average molecular weight is 433 g/mol. The Balaban J connectivity index is 1.58. The molecule has 0 radical (unpaired) electrons. The zero-order valence-corrected chi connectivity index (χ0v) is 19.9. The summed E-state index contributed by atoms with van der Waals surface area (Å²) in [6.07, 6.45) is 9.59. The molecule has 5 rings (SSSR count). The maximum absolute atomic E-state index is 12.4. The number of Topliss-reactive ketones (excluding diaryl/α,β-unsaturated/α-hetero) is 1. The SMILES string of the molecule is CC(=O)[C@H]1CC[C@H]2[C@@H]3CCC4=CC(=NO)C[C@@H](c5ccc(N(C)C)cc5)C4=C3CC[C@]12C. The number of ketones is 1. The summed E-state index contributed by atoms with van der Waals surface area (Å²) in [4.78, 5) is 14.5. The Bertz CT molecular complexity index is 1020. The Morgan fingerprint density at radius 1 is 1.12 bits per heavy atom. The highest BCUT2D eigenvalue weighted by Gasteiger charge is 2.55. The van der Waals surface area contributed by atoms with Gasteiger partial charge in [0.05, 0.1) is 5.71 Å². The van der Waals surface area contributed by atoms with Crippen LogP contribution in [-0.4, -0.2) is 30.8 Å². The van der Waals surface area contributed by atoms with Gasteiger partial charge in [-0.05, 0) is 97.6 Å². The third-order valence-corrected chi connectivity index (χ3v) is 9.23. The van der Waals surface area contributed by atoms with E-state index in [2.05, 4.69) is 61.4 Å². The minimum absolute atomic E-state index is 0.164. The number of hydrogen-bond acceptors (Lipinski definition) is 4. The van der Waals surface area contributed by atoms with Gasteiger partial charge in [0.2, 0.25) is 0 Å². The molecule has 2 fully saturated rings. The van der Waals surface area contributed by atoms with Crippen LogP contribution in [0.25, 0.3) is 0 Å². The van der Waals surface area contributed by atoms with Crippen LogP contribution in [-0.2, 0) is 4.79 Å². The summed E-state index contributed by atoms with van der Waals surface area (Å²) in [6.45, 7) is 4.21. The molecule has 2 saturated carbocycles. The van der Waals surface area contributed by atoms with Crippen LogP contribution in [0.2, 0.25) is 0 Å². The molecule has 0 bridgehead atoms. The zero-order valence-electron chi connectivity index (χ0n) is 19.9. The molecule has 0 aromatic heterocycles. The van der Waals surface area contributed by atoms with E-state index in [1.54, 1.807) is 12.5 Å². The Morgan fingerprint density at radius 2 is 1.88 bits per heavy atom. The largest absolute Gasteiger partial charge is 0.411 e. The van der Waals surface area contributed by atoms with E-state index in [1.807, 2.05) is 0 Å². The second-order valence-corrected chi connectivity index (χ2v) is 10.9. The molecule has 0 heterocycles. The molecule has 4 nitrogen and oxygen atoms in total. The number of fused-ring (bicyclic) bond motifs is 4. The molecular weight excluding hydrogens is 396 g/mol. The predicted octanol–water partition coefficient (Wildman–Crippen LogP) is 6.12. The predicted molar refractivity (Wildman–Crippen MR) is 129 cm³/mol. The van der Waals surface area contributed by atoms with Crippen LogP contribution in [0.4, 0.5) is 5.69 Å². The molecule has 1 aromatic rings. The third-order valence-electron chi connectivity index (χ3n) is 9.23. The Hall–Kier alpha value is -2.36. The van der Waals surface area contributed by atoms with Crippen LogP contribution < -0.4 is 4.90 Å². The van der Waals surface area contributed by atoms with Crippen LogP contribution in [0.3, 0.4) is 0 Å². The fourth-order valence-corrected chi connectivity index (χ4v) is 7.67. The summed E-state index contributed by atoms with van der Waals surface area (Å²) < 4.78 is 0. The summed E-state index contributed by atoms with van der Waals surface area (Å²) in [5.41, 5.74) is 8.02. The highest BCUT2D eigenvalue weighted by atomic mass is 16.4. The van der Waals surface area contributed by atoms with Crippen molar-refractivity contribution in [1.29, 1.82) is 0 Å². The van der Waals surface area contributed by atoms with Gasteiger partial charge < -0.3 is 10.1 Å². The number of hydrogen-bond donors (Lipinski definition) is 1. The number of anilines is 1. The highest BCUT2D eigenvalue weighted by Crippen LogP contribution is 2.63. The van der Waals surface area contributed by atoms with E-state index < -0.39 is 0 Å². The lowest BCUT2D eigenvalue weighted by Gasteiger charge is -2.50. The molecular formula is C28H36N2O2. The Kier molecular flexibility index (Phi) is 5.30. The van der Waals surface area contributed by atoms with Crippen molar-refractivity contribution < 1.29 is 10.0 Å². The first-order valence-electron chi connectivity index (χ1n) is 12.3. The molecule has 1 aromatic carbocycles. The monoisotopic (exact) mass is 432 g/mol. The molecule has 0 unspecified atom stereocenters. The van der Waals surface area contributed by atoms with Gasteiger partial charge in [-0.15, -0.1) is 0 Å². The normalized spacial score (nSPS) is 35.1. The number of allylic oxidation sites excluding steroid dienone is 4. The average Bonchev–Trinajstić information content (AvgIpc) is 3.15. The highest BCUT2D eigenvalue weighted by molar-refractivity contribution is 5.98. The van der Waals surface area contributed by atoms with Crippen LogP contribution in [0.1, 0.15) is 70.3 Å².